The summed E-state index contributed by atoms with van der Waals surface area (Å²) in [5.41, 5.74) is 1.93. The highest BCUT2D eigenvalue weighted by molar-refractivity contribution is 8.13. The summed E-state index contributed by atoms with van der Waals surface area (Å²) in [4.78, 5) is 79.9. The monoisotopic (exact) mass is 1370 g/mol. The van der Waals surface area contributed by atoms with Gasteiger partial charge in [0.25, 0.3) is 0 Å². The minimum atomic E-state index is -3.23. The van der Waals surface area contributed by atoms with Gasteiger partial charge in [0.15, 0.2) is 9.84 Å². The Labute approximate surface area is 546 Å². The highest BCUT2D eigenvalue weighted by Gasteiger charge is 2.25. The minimum absolute atomic E-state index is 0.0800. The first-order valence-electron chi connectivity index (χ1n) is 29.5. The van der Waals surface area contributed by atoms with Gasteiger partial charge < -0.3 is 77.7 Å². The molecule has 1 saturated heterocycles. The fourth-order valence-corrected chi connectivity index (χ4v) is 7.21. The summed E-state index contributed by atoms with van der Waals surface area (Å²) < 4.78 is 82.6. The van der Waals surface area contributed by atoms with Gasteiger partial charge in [-0.25, -0.2) is 27.6 Å². The minimum Gasteiger partial charge on any atom is -0.460 e. The number of ether oxygens (including phenoxy) is 12. The number of nitrogens with two attached hydrogens (primary N) is 1. The molecule has 0 amide bonds. The van der Waals surface area contributed by atoms with Crippen LogP contribution in [0.3, 0.4) is 0 Å². The van der Waals surface area contributed by atoms with Crippen LogP contribution in [0.15, 0.2) is 0 Å². The number of aliphatic hydroxyl groups is 2. The fourth-order valence-electron chi connectivity index (χ4n) is 4.98. The second-order valence-electron chi connectivity index (χ2n) is 24.5. The van der Waals surface area contributed by atoms with Gasteiger partial charge in [0.05, 0.1) is 57.8 Å². The standard InChI is InChI=1S/C15H28O5S.C12H24O6S.C12H24O4S.C10H18O5.C4H11NOS.C4H8O.C2H4O3/c1-14(2,3)19-12(16)8-7-9-18-10-11-21-13(17)20-15(4,5)6;1-12(2,3)18-11(14)5-4-7-17-8-10-19(15,16)9-6-13;1-12(2,3)16-11(14)5-4-7-15-8-10-17-9-6-13;1-9(2,3)14-7(11)13-8(12)15-10(4,5)6;5-1-2-6-3-4-7;1-2-4-5-3-1;1-2(3)5-4/h7-11H2,1-6H3;13H,4-10H2,1-3H3;13H,4-10H2,1-3H3;1-6H3;7H,1-5H2;1-4H2;4H,1H3. The number of thioether (sulfide) groups is 2. The van der Waals surface area contributed by atoms with Crippen molar-refractivity contribution in [1.82, 2.24) is 0 Å². The molecule has 26 nitrogen and oxygen atoms in total. The van der Waals surface area contributed by atoms with E-state index in [1.165, 1.54) is 12.8 Å². The van der Waals surface area contributed by atoms with Gasteiger partial charge in [-0.2, -0.15) is 29.6 Å². The van der Waals surface area contributed by atoms with E-state index in [4.69, 9.17) is 73.3 Å². The van der Waals surface area contributed by atoms with E-state index >= 15 is 0 Å². The molecule has 0 unspecified atom stereocenters. The Hall–Kier alpha value is -3.27. The van der Waals surface area contributed by atoms with Gasteiger partial charge in [-0.05, 0) is 168 Å². The van der Waals surface area contributed by atoms with Crippen LogP contribution in [0.2, 0.25) is 0 Å². The highest BCUT2D eigenvalue weighted by Crippen LogP contribution is 2.16. The maximum absolute atomic E-state index is 11.4. The molecule has 0 aromatic heterocycles. The zero-order valence-corrected chi connectivity index (χ0v) is 60.5. The van der Waals surface area contributed by atoms with Crippen molar-refractivity contribution in [3.05, 3.63) is 0 Å². The molecule has 0 aromatic carbocycles. The molecule has 1 heterocycles. The molecule has 0 bridgehead atoms. The van der Waals surface area contributed by atoms with Crippen molar-refractivity contribution in [1.29, 1.82) is 0 Å². The molecule has 30 heteroatoms. The molecule has 1 fully saturated rings. The van der Waals surface area contributed by atoms with Gasteiger partial charge in [-0.15, -0.1) is 0 Å². The number of thiol groups is 1. The van der Waals surface area contributed by atoms with Crippen LogP contribution in [0.5, 0.6) is 0 Å². The number of hydrogen-bond acceptors (Lipinski definition) is 29. The number of sulfone groups is 1. The number of rotatable bonds is 29. The molecular weight excluding hydrogens is 1250 g/mol. The SMILES string of the molecule is C1CCOC1.CC(=O)OO.CC(C)(C)OC(=O)CCCOCCS(=O)(=O)CCO.CC(C)(C)OC(=O)CCCOCCSC(=O)OC(C)(C)C.CC(C)(C)OC(=O)CCCOCCSCCO.CC(C)(C)OC(=O)OC(=O)OC(C)(C)C.NCCOCCS. The smallest absolute Gasteiger partial charge is 0.460 e. The summed E-state index contributed by atoms with van der Waals surface area (Å²) in [6.45, 7) is 39.5. The maximum atomic E-state index is 11.4. The molecule has 0 radical (unpaired) electrons. The van der Waals surface area contributed by atoms with Crippen LogP contribution >= 0.6 is 36.2 Å². The average molecular weight is 1370 g/mol. The quantitative estimate of drug-likeness (QED) is 0.00884. The molecule has 0 saturated carbocycles. The van der Waals surface area contributed by atoms with E-state index in [1.54, 1.807) is 74.1 Å². The predicted molar refractivity (Wildman–Crippen MR) is 348 cm³/mol. The molecule has 1 aliphatic rings. The van der Waals surface area contributed by atoms with Crippen LogP contribution in [0.4, 0.5) is 14.4 Å². The van der Waals surface area contributed by atoms with E-state index in [-0.39, 0.29) is 61.0 Å². The summed E-state index contributed by atoms with van der Waals surface area (Å²) in [5.74, 6) is 1.24. The van der Waals surface area contributed by atoms with Crippen LogP contribution in [0.25, 0.3) is 0 Å². The molecular formula is C59H117NO25S4. The summed E-state index contributed by atoms with van der Waals surface area (Å²) in [6, 6.07) is 0. The largest absolute Gasteiger partial charge is 0.519 e. The lowest BCUT2D eigenvalue weighted by molar-refractivity contribution is -0.231. The molecule has 89 heavy (non-hydrogen) atoms. The van der Waals surface area contributed by atoms with Gasteiger partial charge in [0, 0.05) is 88.8 Å². The Morgan fingerprint density at radius 3 is 1.16 bits per heavy atom. The molecule has 0 atom stereocenters. The topological polar surface area (TPSA) is 360 Å². The van der Waals surface area contributed by atoms with Crippen LogP contribution in [-0.2, 0) is 90.7 Å². The van der Waals surface area contributed by atoms with Crippen molar-refractivity contribution in [2.75, 3.05) is 120 Å². The predicted octanol–water partition coefficient (Wildman–Crippen LogP) is 9.76. The van der Waals surface area contributed by atoms with Gasteiger partial charge in [-0.3, -0.25) is 14.4 Å². The van der Waals surface area contributed by atoms with Crippen molar-refractivity contribution in [2.45, 2.75) is 217 Å². The van der Waals surface area contributed by atoms with Gasteiger partial charge in [-0.1, -0.05) is 0 Å². The molecule has 0 aromatic rings. The highest BCUT2D eigenvalue weighted by atomic mass is 32.2. The molecule has 0 aliphatic carbocycles. The second kappa shape index (κ2) is 57.4. The third-order valence-electron chi connectivity index (χ3n) is 8.05. The lowest BCUT2D eigenvalue weighted by atomic mass is 10.2. The zero-order chi connectivity index (χ0) is 70.2. The van der Waals surface area contributed by atoms with Gasteiger partial charge in [0.2, 0.25) is 0 Å². The van der Waals surface area contributed by atoms with Gasteiger partial charge >= 0.3 is 41.5 Å². The van der Waals surface area contributed by atoms with Gasteiger partial charge in [0.1, 0.15) is 33.6 Å². The third-order valence-corrected chi connectivity index (χ3v) is 11.4. The summed E-state index contributed by atoms with van der Waals surface area (Å²) in [7, 11) is -3.23. The lowest BCUT2D eigenvalue weighted by Gasteiger charge is -2.20. The first-order valence-corrected chi connectivity index (χ1v) is 34.1. The van der Waals surface area contributed by atoms with Crippen LogP contribution in [-0.4, -0.2) is 219 Å². The first-order chi connectivity index (χ1) is 40.8. The third kappa shape index (κ3) is 101. The van der Waals surface area contributed by atoms with E-state index in [2.05, 4.69) is 22.3 Å². The van der Waals surface area contributed by atoms with E-state index in [9.17, 15) is 42.0 Å². The number of hydrogen-bond donors (Lipinski definition) is 5. The normalized spacial score (nSPS) is 12.2. The molecule has 0 spiro atoms. The van der Waals surface area contributed by atoms with E-state index in [0.717, 1.165) is 49.2 Å². The van der Waals surface area contributed by atoms with Crippen LogP contribution in [0, 0.1) is 0 Å². The number of esters is 3. The van der Waals surface area contributed by atoms with E-state index < -0.39 is 61.7 Å². The van der Waals surface area contributed by atoms with E-state index in [0.29, 0.717) is 90.6 Å². The number of carbonyl (C=O) groups excluding carboxylic acids is 7. The summed E-state index contributed by atoms with van der Waals surface area (Å²) in [5, 5.41) is 24.1. The van der Waals surface area contributed by atoms with Crippen LogP contribution < -0.4 is 5.73 Å². The molecule has 5 N–H and O–H groups in total. The molecule has 532 valence electrons. The number of aliphatic hydroxyl groups excluding tert-OH is 2. The Morgan fingerprint density at radius 2 is 0.854 bits per heavy atom. The fraction of sp³-hybridized carbons (Fsp3) is 0.881. The second-order valence-corrected chi connectivity index (χ2v) is 29.5. The Balaban J connectivity index is -0.000000237. The average Bonchev–Trinajstić information content (AvgIpc) is 4.04. The van der Waals surface area contributed by atoms with Crippen molar-refractivity contribution < 1.29 is 119 Å². The Bertz CT molecular complexity index is 1830. The molecule has 1 aliphatic heterocycles. The Kier molecular flexibility index (Phi) is 62.4. The summed E-state index contributed by atoms with van der Waals surface area (Å²) >= 11 is 6.68. The van der Waals surface area contributed by atoms with Crippen molar-refractivity contribution in [3.8, 4) is 0 Å². The lowest BCUT2D eigenvalue weighted by Crippen LogP contribution is -2.29. The number of carbonyl (C=O) groups is 7. The van der Waals surface area contributed by atoms with Crippen LogP contribution in [0.1, 0.15) is 183 Å². The maximum Gasteiger partial charge on any atom is 0.519 e. The first kappa shape index (κ1) is 96.8. The van der Waals surface area contributed by atoms with E-state index in [1.807, 2.05) is 62.3 Å². The molecule has 1 rings (SSSR count). The van der Waals surface area contributed by atoms with Crippen molar-refractivity contribution in [2.24, 2.45) is 5.73 Å². The van der Waals surface area contributed by atoms with Crippen molar-refractivity contribution in [3.63, 3.8) is 0 Å². The summed E-state index contributed by atoms with van der Waals surface area (Å²) in [6.07, 6.45) is 3.24. The Morgan fingerprint density at radius 1 is 0.494 bits per heavy atom. The zero-order valence-electron chi connectivity index (χ0n) is 57.2. The van der Waals surface area contributed by atoms with Crippen molar-refractivity contribution >= 4 is 87.5 Å².